The summed E-state index contributed by atoms with van der Waals surface area (Å²) in [5, 5.41) is 12.7. The summed E-state index contributed by atoms with van der Waals surface area (Å²) in [5.41, 5.74) is 0. The Labute approximate surface area is 168 Å². The number of carbonyl (C=O) groups excluding carboxylic acids is 2. The van der Waals surface area contributed by atoms with Crippen molar-refractivity contribution < 1.29 is 19.5 Å². The van der Waals surface area contributed by atoms with Gasteiger partial charge in [0.2, 0.25) is 0 Å². The van der Waals surface area contributed by atoms with Crippen LogP contribution in [-0.2, 0) is 4.79 Å². The van der Waals surface area contributed by atoms with Crippen LogP contribution in [-0.4, -0.2) is 57.6 Å². The second-order valence-corrected chi connectivity index (χ2v) is 8.54. The highest BCUT2D eigenvalue weighted by Gasteiger charge is 2.40. The molecule has 2 fully saturated rings. The highest BCUT2D eigenvalue weighted by molar-refractivity contribution is 5.98. The van der Waals surface area contributed by atoms with E-state index in [0.717, 1.165) is 62.7 Å². The number of nitrogens with one attached hydrogen (secondary N) is 1. The third-order valence-corrected chi connectivity index (χ3v) is 6.14. The topological polar surface area (TPSA) is 90.0 Å². The Morgan fingerprint density at radius 1 is 0.964 bits per heavy atom. The van der Waals surface area contributed by atoms with Gasteiger partial charge in [0, 0.05) is 18.6 Å². The third kappa shape index (κ3) is 5.61. The highest BCUT2D eigenvalue weighted by atomic mass is 16.4. The van der Waals surface area contributed by atoms with Crippen LogP contribution in [0.25, 0.3) is 0 Å². The van der Waals surface area contributed by atoms with Gasteiger partial charge in [0.1, 0.15) is 6.04 Å². The van der Waals surface area contributed by atoms with Gasteiger partial charge in [-0.05, 0) is 38.5 Å². The lowest BCUT2D eigenvalue weighted by Gasteiger charge is -2.39. The van der Waals surface area contributed by atoms with Gasteiger partial charge in [-0.25, -0.2) is 9.59 Å². The number of carbonyl (C=O) groups is 3. The molecule has 2 aliphatic rings. The van der Waals surface area contributed by atoms with Crippen LogP contribution in [0.4, 0.5) is 9.59 Å². The van der Waals surface area contributed by atoms with Crippen molar-refractivity contribution in [2.24, 2.45) is 5.92 Å². The normalized spacial score (nSPS) is 19.9. The molecule has 2 rings (SSSR count). The number of amides is 4. The highest BCUT2D eigenvalue weighted by Crippen LogP contribution is 2.26. The van der Waals surface area contributed by atoms with Gasteiger partial charge >= 0.3 is 12.1 Å². The van der Waals surface area contributed by atoms with Crippen molar-refractivity contribution in [3.8, 4) is 0 Å². The summed E-state index contributed by atoms with van der Waals surface area (Å²) in [7, 11) is 0. The van der Waals surface area contributed by atoms with E-state index in [2.05, 4.69) is 5.32 Å². The molecule has 0 spiro atoms. The van der Waals surface area contributed by atoms with Crippen LogP contribution in [0.1, 0.15) is 85.0 Å². The number of rotatable bonds is 6. The number of hydrogen-bond acceptors (Lipinski definition) is 3. The summed E-state index contributed by atoms with van der Waals surface area (Å²) in [5.74, 6) is -0.586. The van der Waals surface area contributed by atoms with Gasteiger partial charge in [0.15, 0.2) is 0 Å². The van der Waals surface area contributed by atoms with Crippen molar-refractivity contribution in [3.05, 3.63) is 0 Å². The Balaban J connectivity index is 2.25. The molecular formula is C21H37N3O4. The summed E-state index contributed by atoms with van der Waals surface area (Å²) in [6.07, 6.45) is 8.86. The monoisotopic (exact) mass is 395 g/mol. The second kappa shape index (κ2) is 10.7. The molecule has 7 nitrogen and oxygen atoms in total. The number of carboxylic acid groups (broad SMARTS) is 1. The number of imide groups is 1. The Hall–Kier alpha value is -1.79. The largest absolute Gasteiger partial charge is 0.465 e. The van der Waals surface area contributed by atoms with E-state index in [1.54, 1.807) is 6.92 Å². The van der Waals surface area contributed by atoms with Crippen LogP contribution < -0.4 is 5.32 Å². The number of urea groups is 1. The van der Waals surface area contributed by atoms with Crippen LogP contribution >= 0.6 is 0 Å². The fourth-order valence-electron chi connectivity index (χ4n) is 4.65. The SMILES string of the molecule is CCN(C(=O)O)C(C(=O)N(C(=O)NC1CCCCC1)C1CCCCC1)C(C)C. The molecule has 1 unspecified atom stereocenters. The average molecular weight is 396 g/mol. The summed E-state index contributed by atoms with van der Waals surface area (Å²) in [4.78, 5) is 41.0. The molecule has 0 radical (unpaired) electrons. The van der Waals surface area contributed by atoms with Gasteiger partial charge < -0.3 is 10.4 Å². The minimum absolute atomic E-state index is 0.111. The summed E-state index contributed by atoms with van der Waals surface area (Å²) >= 11 is 0. The molecule has 0 aromatic heterocycles. The second-order valence-electron chi connectivity index (χ2n) is 8.54. The van der Waals surface area contributed by atoms with Gasteiger partial charge in [-0.15, -0.1) is 0 Å². The molecule has 2 aliphatic carbocycles. The zero-order valence-electron chi connectivity index (χ0n) is 17.7. The van der Waals surface area contributed by atoms with E-state index in [9.17, 15) is 19.5 Å². The van der Waals surface area contributed by atoms with Crippen LogP contribution in [0.5, 0.6) is 0 Å². The maximum Gasteiger partial charge on any atom is 0.407 e. The van der Waals surface area contributed by atoms with Crippen molar-refractivity contribution >= 4 is 18.0 Å². The lowest BCUT2D eigenvalue weighted by molar-refractivity contribution is -0.137. The smallest absolute Gasteiger partial charge is 0.407 e. The molecule has 4 amide bonds. The van der Waals surface area contributed by atoms with E-state index >= 15 is 0 Å². The van der Waals surface area contributed by atoms with Crippen LogP contribution in [0.15, 0.2) is 0 Å². The van der Waals surface area contributed by atoms with E-state index in [0.29, 0.717) is 0 Å². The van der Waals surface area contributed by atoms with Crippen LogP contribution in [0.2, 0.25) is 0 Å². The molecule has 0 aliphatic heterocycles. The lowest BCUT2D eigenvalue weighted by Crippen LogP contribution is -2.60. The third-order valence-electron chi connectivity index (χ3n) is 6.14. The molecule has 1 atom stereocenters. The molecule has 2 N–H and O–H groups in total. The Morgan fingerprint density at radius 3 is 1.96 bits per heavy atom. The van der Waals surface area contributed by atoms with E-state index in [-0.39, 0.29) is 36.5 Å². The maximum absolute atomic E-state index is 13.5. The minimum Gasteiger partial charge on any atom is -0.465 e. The summed E-state index contributed by atoms with van der Waals surface area (Å²) in [6, 6.07) is -1.21. The zero-order chi connectivity index (χ0) is 20.7. The molecule has 0 bridgehead atoms. The molecule has 0 aromatic carbocycles. The predicted molar refractivity (Wildman–Crippen MR) is 108 cm³/mol. The van der Waals surface area contributed by atoms with Crippen molar-refractivity contribution in [3.63, 3.8) is 0 Å². The first-order valence-electron chi connectivity index (χ1n) is 11.0. The van der Waals surface area contributed by atoms with E-state index in [1.807, 2.05) is 13.8 Å². The van der Waals surface area contributed by atoms with Crippen molar-refractivity contribution in [1.29, 1.82) is 0 Å². The van der Waals surface area contributed by atoms with Crippen LogP contribution in [0, 0.1) is 5.92 Å². The van der Waals surface area contributed by atoms with Gasteiger partial charge in [0.25, 0.3) is 5.91 Å². The molecule has 0 heterocycles. The number of nitrogens with zero attached hydrogens (tertiary/aromatic N) is 2. The molecule has 2 saturated carbocycles. The first kappa shape index (κ1) is 22.5. The molecule has 7 heteroatoms. The first-order valence-corrected chi connectivity index (χ1v) is 11.0. The zero-order valence-corrected chi connectivity index (χ0v) is 17.7. The Morgan fingerprint density at radius 2 is 1.50 bits per heavy atom. The first-order chi connectivity index (χ1) is 13.4. The molecular weight excluding hydrogens is 358 g/mol. The van der Waals surface area contributed by atoms with Crippen molar-refractivity contribution in [2.75, 3.05) is 6.54 Å². The number of hydrogen-bond donors (Lipinski definition) is 2. The van der Waals surface area contributed by atoms with Gasteiger partial charge in [-0.1, -0.05) is 52.4 Å². The maximum atomic E-state index is 13.5. The van der Waals surface area contributed by atoms with Gasteiger partial charge in [-0.3, -0.25) is 14.6 Å². The fraction of sp³-hybridized carbons (Fsp3) is 0.857. The molecule has 0 aromatic rings. The van der Waals surface area contributed by atoms with Gasteiger partial charge in [0.05, 0.1) is 0 Å². The molecule has 28 heavy (non-hydrogen) atoms. The summed E-state index contributed by atoms with van der Waals surface area (Å²) in [6.45, 7) is 5.62. The Bertz CT molecular complexity index is 540. The number of likely N-dealkylation sites (N-methyl/N-ethyl adjacent to an activating group) is 1. The van der Waals surface area contributed by atoms with E-state index < -0.39 is 12.1 Å². The van der Waals surface area contributed by atoms with Crippen molar-refractivity contribution in [2.45, 2.75) is 103 Å². The van der Waals surface area contributed by atoms with Crippen LogP contribution in [0.3, 0.4) is 0 Å². The average Bonchev–Trinajstić information content (AvgIpc) is 2.67. The fourth-order valence-corrected chi connectivity index (χ4v) is 4.65. The molecule has 0 saturated heterocycles. The quantitative estimate of drug-likeness (QED) is 0.705. The van der Waals surface area contributed by atoms with Crippen molar-refractivity contribution in [1.82, 2.24) is 15.1 Å². The van der Waals surface area contributed by atoms with Gasteiger partial charge in [-0.2, -0.15) is 0 Å². The van der Waals surface area contributed by atoms with E-state index in [4.69, 9.17) is 0 Å². The predicted octanol–water partition coefficient (Wildman–Crippen LogP) is 4.21. The Kier molecular flexibility index (Phi) is 8.58. The summed E-state index contributed by atoms with van der Waals surface area (Å²) < 4.78 is 0. The standard InChI is InChI=1S/C21H37N3O4/c1-4-23(21(27)28)18(15(2)3)19(25)24(17-13-9-6-10-14-17)20(26)22-16-11-7-5-8-12-16/h15-18H,4-14H2,1-3H3,(H,22,26)(H,27,28). The lowest BCUT2D eigenvalue weighted by atomic mass is 9.92. The molecule has 160 valence electrons. The van der Waals surface area contributed by atoms with E-state index in [1.165, 1.54) is 11.3 Å². The minimum atomic E-state index is -1.12.